The van der Waals surface area contributed by atoms with Gasteiger partial charge < -0.3 is 9.88 Å². The van der Waals surface area contributed by atoms with Gasteiger partial charge in [0, 0.05) is 38.2 Å². The van der Waals surface area contributed by atoms with Gasteiger partial charge in [-0.2, -0.15) is 0 Å². The minimum absolute atomic E-state index is 0.227. The van der Waals surface area contributed by atoms with Gasteiger partial charge in [-0.25, -0.2) is 4.99 Å². The van der Waals surface area contributed by atoms with Gasteiger partial charge in [0.2, 0.25) is 0 Å². The van der Waals surface area contributed by atoms with E-state index in [1.165, 1.54) is 60.2 Å². The fourth-order valence-electron chi connectivity index (χ4n) is 8.33. The summed E-state index contributed by atoms with van der Waals surface area (Å²) in [6.07, 6.45) is -0.227. The van der Waals surface area contributed by atoms with Gasteiger partial charge in [0.1, 0.15) is 12.0 Å². The standard InChI is InChI=1S/C48H32N4/c1-3-14-32(15-4-1)47-49-46-36-18-8-7-13-31(36)23-26-39(46)48(50-47)52-43-22-12-10-20-38(43)41-30-34(25-28-45(41)52)33-24-27-44-40(29-33)37-19-9-11-21-42(37)51(44)35-16-5-2-6-17-35/h1-30,47,49H. The van der Waals surface area contributed by atoms with E-state index in [4.69, 9.17) is 4.99 Å². The second-order valence-corrected chi connectivity index (χ2v) is 13.6. The maximum absolute atomic E-state index is 5.48. The Hall–Kier alpha value is -6.91. The van der Waals surface area contributed by atoms with Gasteiger partial charge in [0.15, 0.2) is 0 Å². The molecule has 0 saturated heterocycles. The SMILES string of the molecule is c1ccc(C2N=C(n3c4ccccc4c4cc(-c5ccc6c(c5)c5ccccc5n6-c5ccccc5)ccc43)c3ccc4ccccc4c3N2)cc1. The van der Waals surface area contributed by atoms with E-state index in [9.17, 15) is 0 Å². The third-order valence-corrected chi connectivity index (χ3v) is 10.7. The summed E-state index contributed by atoms with van der Waals surface area (Å²) in [5.74, 6) is 0.947. The Labute approximate surface area is 300 Å². The number of para-hydroxylation sites is 3. The molecular weight excluding hydrogens is 633 g/mol. The molecule has 52 heavy (non-hydrogen) atoms. The van der Waals surface area contributed by atoms with E-state index in [0.29, 0.717) is 0 Å². The minimum atomic E-state index is -0.227. The summed E-state index contributed by atoms with van der Waals surface area (Å²) < 4.78 is 4.74. The maximum atomic E-state index is 5.48. The van der Waals surface area contributed by atoms with Gasteiger partial charge in [-0.05, 0) is 76.7 Å². The molecule has 4 heteroatoms. The number of aliphatic imine (C=N–C) groups is 1. The summed E-state index contributed by atoms with van der Waals surface area (Å²) in [7, 11) is 0. The maximum Gasteiger partial charge on any atom is 0.147 e. The first kappa shape index (κ1) is 28.9. The highest BCUT2D eigenvalue weighted by Crippen LogP contribution is 2.41. The van der Waals surface area contributed by atoms with Crippen LogP contribution < -0.4 is 5.32 Å². The average molecular weight is 665 g/mol. The largest absolute Gasteiger partial charge is 0.359 e. The highest BCUT2D eigenvalue weighted by Gasteiger charge is 2.27. The molecule has 10 aromatic rings. The molecule has 4 nitrogen and oxygen atoms in total. The van der Waals surface area contributed by atoms with Gasteiger partial charge in [-0.3, -0.25) is 4.57 Å². The van der Waals surface area contributed by atoms with Gasteiger partial charge in [0.25, 0.3) is 0 Å². The lowest BCUT2D eigenvalue weighted by atomic mass is 9.99. The molecule has 244 valence electrons. The summed E-state index contributed by atoms with van der Waals surface area (Å²) in [6.45, 7) is 0. The van der Waals surface area contributed by atoms with Crippen molar-refractivity contribution in [3.63, 3.8) is 0 Å². The average Bonchev–Trinajstić information content (AvgIpc) is 3.73. The number of rotatable bonds is 3. The van der Waals surface area contributed by atoms with Crippen molar-refractivity contribution in [2.45, 2.75) is 6.17 Å². The van der Waals surface area contributed by atoms with E-state index >= 15 is 0 Å². The van der Waals surface area contributed by atoms with Crippen LogP contribution >= 0.6 is 0 Å². The molecule has 1 atom stereocenters. The smallest absolute Gasteiger partial charge is 0.147 e. The van der Waals surface area contributed by atoms with Crippen LogP contribution in [0.15, 0.2) is 187 Å². The summed E-state index contributed by atoms with van der Waals surface area (Å²) in [4.78, 5) is 5.48. The zero-order valence-electron chi connectivity index (χ0n) is 28.2. The molecule has 1 aliphatic rings. The molecule has 3 heterocycles. The Bertz CT molecular complexity index is 3040. The fraction of sp³-hybridized carbons (Fsp3) is 0.0208. The molecule has 0 saturated carbocycles. The number of anilines is 1. The highest BCUT2D eigenvalue weighted by atomic mass is 15.2. The highest BCUT2D eigenvalue weighted by molar-refractivity contribution is 6.22. The van der Waals surface area contributed by atoms with Crippen LogP contribution in [0.4, 0.5) is 5.69 Å². The van der Waals surface area contributed by atoms with Crippen LogP contribution in [0, 0.1) is 0 Å². The predicted molar refractivity (Wildman–Crippen MR) is 218 cm³/mol. The third kappa shape index (κ3) is 4.31. The molecule has 0 spiro atoms. The van der Waals surface area contributed by atoms with Crippen LogP contribution in [-0.2, 0) is 0 Å². The zero-order valence-corrected chi connectivity index (χ0v) is 28.2. The Morgan fingerprint density at radius 3 is 1.65 bits per heavy atom. The quantitative estimate of drug-likeness (QED) is 0.200. The Morgan fingerprint density at radius 1 is 0.423 bits per heavy atom. The monoisotopic (exact) mass is 664 g/mol. The van der Waals surface area contributed by atoms with E-state index in [-0.39, 0.29) is 6.17 Å². The molecule has 0 radical (unpaired) electrons. The van der Waals surface area contributed by atoms with Gasteiger partial charge in [0.05, 0.1) is 27.8 Å². The van der Waals surface area contributed by atoms with Crippen LogP contribution in [0.5, 0.6) is 0 Å². The summed E-state index contributed by atoms with van der Waals surface area (Å²) in [6, 6.07) is 65.5. The van der Waals surface area contributed by atoms with Gasteiger partial charge >= 0.3 is 0 Å². The van der Waals surface area contributed by atoms with E-state index in [0.717, 1.165) is 33.7 Å². The van der Waals surface area contributed by atoms with Crippen LogP contribution in [-0.4, -0.2) is 15.0 Å². The van der Waals surface area contributed by atoms with Crippen LogP contribution in [0.3, 0.4) is 0 Å². The van der Waals surface area contributed by atoms with Crippen LogP contribution in [0.1, 0.15) is 17.3 Å². The lowest BCUT2D eigenvalue weighted by Crippen LogP contribution is -2.25. The minimum Gasteiger partial charge on any atom is -0.359 e. The Morgan fingerprint density at radius 2 is 0.962 bits per heavy atom. The van der Waals surface area contributed by atoms with E-state index in [1.54, 1.807) is 0 Å². The van der Waals surface area contributed by atoms with Gasteiger partial charge in [-0.1, -0.05) is 127 Å². The van der Waals surface area contributed by atoms with Crippen molar-refractivity contribution in [1.82, 2.24) is 9.13 Å². The molecule has 11 rings (SSSR count). The second-order valence-electron chi connectivity index (χ2n) is 13.6. The summed E-state index contributed by atoms with van der Waals surface area (Å²) >= 11 is 0. The lowest BCUT2D eigenvalue weighted by molar-refractivity contribution is 0.821. The van der Waals surface area contributed by atoms with Crippen molar-refractivity contribution in [2.75, 3.05) is 5.32 Å². The Kier molecular flexibility index (Phi) is 6.28. The second kappa shape index (κ2) is 11.3. The first-order chi connectivity index (χ1) is 25.8. The molecule has 1 unspecified atom stereocenters. The summed E-state index contributed by atoms with van der Waals surface area (Å²) in [5.41, 5.74) is 11.6. The molecule has 0 bridgehead atoms. The number of benzene rings is 8. The number of hydrogen-bond acceptors (Lipinski definition) is 2. The zero-order chi connectivity index (χ0) is 34.2. The van der Waals surface area contributed by atoms with Gasteiger partial charge in [-0.15, -0.1) is 0 Å². The molecule has 2 aromatic heterocycles. The van der Waals surface area contributed by atoms with E-state index < -0.39 is 0 Å². The first-order valence-corrected chi connectivity index (χ1v) is 17.8. The number of aromatic nitrogens is 2. The molecule has 8 aromatic carbocycles. The number of nitrogens with zero attached hydrogens (tertiary/aromatic N) is 3. The number of fused-ring (bicyclic) bond motifs is 9. The topological polar surface area (TPSA) is 34.2 Å². The number of hydrogen-bond donors (Lipinski definition) is 1. The van der Waals surface area contributed by atoms with Crippen molar-refractivity contribution >= 4 is 65.9 Å². The van der Waals surface area contributed by atoms with E-state index in [2.05, 4.69) is 196 Å². The normalized spacial score (nSPS) is 14.2. The first-order valence-electron chi connectivity index (χ1n) is 17.8. The Balaban J connectivity index is 1.12. The summed E-state index contributed by atoms with van der Waals surface area (Å²) in [5, 5.41) is 11.1. The van der Waals surface area contributed by atoms with Crippen molar-refractivity contribution < 1.29 is 0 Å². The predicted octanol–water partition coefficient (Wildman–Crippen LogP) is 12.1. The van der Waals surface area contributed by atoms with Crippen molar-refractivity contribution in [1.29, 1.82) is 0 Å². The fourth-order valence-corrected chi connectivity index (χ4v) is 8.33. The van der Waals surface area contributed by atoms with Crippen molar-refractivity contribution in [3.05, 3.63) is 193 Å². The van der Waals surface area contributed by atoms with E-state index in [1.807, 2.05) is 0 Å². The van der Waals surface area contributed by atoms with Crippen LogP contribution in [0.2, 0.25) is 0 Å². The molecule has 1 N–H and O–H groups in total. The van der Waals surface area contributed by atoms with Crippen molar-refractivity contribution in [3.8, 4) is 16.8 Å². The molecule has 0 amide bonds. The molecule has 0 fully saturated rings. The molecular formula is C48H32N4. The molecule has 0 aliphatic carbocycles. The third-order valence-electron chi connectivity index (χ3n) is 10.7. The lowest BCUT2D eigenvalue weighted by Gasteiger charge is -2.28. The molecule has 1 aliphatic heterocycles. The van der Waals surface area contributed by atoms with Crippen molar-refractivity contribution in [2.24, 2.45) is 4.99 Å². The van der Waals surface area contributed by atoms with Crippen LogP contribution in [0.25, 0.3) is 71.2 Å². The number of nitrogens with one attached hydrogen (secondary N) is 1.